The Kier molecular flexibility index (Phi) is 7.98. The van der Waals surface area contributed by atoms with Crippen LogP contribution in [-0.2, 0) is 13.6 Å². The van der Waals surface area contributed by atoms with Crippen LogP contribution < -0.4 is 10.6 Å². The van der Waals surface area contributed by atoms with Crippen LogP contribution >= 0.6 is 31.4 Å². The van der Waals surface area contributed by atoms with Crippen molar-refractivity contribution in [2.24, 2.45) is 0 Å². The fraction of sp³-hybridized carbons (Fsp3) is 0.533. The van der Waals surface area contributed by atoms with E-state index in [0.717, 1.165) is 5.69 Å². The van der Waals surface area contributed by atoms with Crippen LogP contribution in [0.1, 0.15) is 34.1 Å². The molecule has 0 fully saturated rings. The molecule has 0 heterocycles. The van der Waals surface area contributed by atoms with Gasteiger partial charge in [-0.3, -0.25) is 4.57 Å². The molecular weight excluding hydrogens is 355 g/mol. The lowest BCUT2D eigenvalue weighted by Crippen LogP contribution is -2.47. The van der Waals surface area contributed by atoms with Crippen molar-refractivity contribution in [1.82, 2.24) is 5.32 Å². The van der Waals surface area contributed by atoms with Gasteiger partial charge in [-0.05, 0) is 63.7 Å². The van der Waals surface area contributed by atoms with Crippen LogP contribution in [-0.4, -0.2) is 23.6 Å². The van der Waals surface area contributed by atoms with Crippen LogP contribution in [0.25, 0.3) is 0 Å². The highest BCUT2D eigenvalue weighted by atomic mass is 35.5. The number of nitrogens with one attached hydrogen (secondary N) is 2. The second kappa shape index (κ2) is 9.00. The number of halogens is 1. The van der Waals surface area contributed by atoms with Crippen LogP contribution in [0.3, 0.4) is 0 Å². The van der Waals surface area contributed by atoms with Gasteiger partial charge in [-0.1, -0.05) is 18.5 Å². The highest BCUT2D eigenvalue weighted by molar-refractivity contribution is 7.80. The fourth-order valence-corrected chi connectivity index (χ4v) is 4.46. The highest BCUT2D eigenvalue weighted by Gasteiger charge is 2.46. The molecule has 0 aliphatic heterocycles. The van der Waals surface area contributed by atoms with Gasteiger partial charge in [0.05, 0.1) is 13.2 Å². The molecule has 0 saturated heterocycles. The van der Waals surface area contributed by atoms with E-state index in [1.54, 1.807) is 32.9 Å². The zero-order chi connectivity index (χ0) is 17.5. The van der Waals surface area contributed by atoms with Crippen molar-refractivity contribution in [2.75, 3.05) is 18.5 Å². The number of anilines is 1. The van der Waals surface area contributed by atoms with Gasteiger partial charge in [0.1, 0.15) is 5.28 Å². The molecule has 0 aliphatic carbocycles. The van der Waals surface area contributed by atoms with Crippen LogP contribution in [0.4, 0.5) is 5.69 Å². The minimum absolute atomic E-state index is 0.298. The second-order valence-corrected chi connectivity index (χ2v) is 8.39. The van der Waals surface area contributed by atoms with E-state index in [1.807, 2.05) is 19.1 Å². The van der Waals surface area contributed by atoms with Gasteiger partial charge in [0.2, 0.25) is 0 Å². The van der Waals surface area contributed by atoms with E-state index < -0.39 is 12.9 Å². The zero-order valence-corrected chi connectivity index (χ0v) is 16.4. The van der Waals surface area contributed by atoms with Gasteiger partial charge < -0.3 is 19.7 Å². The van der Waals surface area contributed by atoms with Gasteiger partial charge in [0.15, 0.2) is 5.11 Å². The fourth-order valence-electron chi connectivity index (χ4n) is 1.95. The van der Waals surface area contributed by atoms with Crippen molar-refractivity contribution in [1.29, 1.82) is 0 Å². The second-order valence-electron chi connectivity index (χ2n) is 5.05. The lowest BCUT2D eigenvalue weighted by Gasteiger charge is -2.36. The van der Waals surface area contributed by atoms with Gasteiger partial charge in [0, 0.05) is 10.7 Å². The first-order valence-corrected chi connectivity index (χ1v) is 9.87. The summed E-state index contributed by atoms with van der Waals surface area (Å²) in [5.41, 5.74) is 0.785. The molecule has 1 atom stereocenters. The Morgan fingerprint density at radius 1 is 1.22 bits per heavy atom. The van der Waals surface area contributed by atoms with E-state index in [-0.39, 0.29) is 0 Å². The zero-order valence-electron chi connectivity index (χ0n) is 13.9. The Hall–Kier alpha value is -0.650. The average molecular weight is 379 g/mol. The smallest absolute Gasteiger partial charge is 0.346 e. The van der Waals surface area contributed by atoms with Crippen LogP contribution in [0, 0.1) is 0 Å². The summed E-state index contributed by atoms with van der Waals surface area (Å²) in [6.45, 7) is 7.85. The van der Waals surface area contributed by atoms with E-state index >= 15 is 0 Å². The maximum absolute atomic E-state index is 13.1. The summed E-state index contributed by atoms with van der Waals surface area (Å²) in [7, 11) is -3.37. The molecule has 1 aromatic carbocycles. The molecule has 0 radical (unpaired) electrons. The van der Waals surface area contributed by atoms with Gasteiger partial charge in [0.25, 0.3) is 0 Å². The van der Waals surface area contributed by atoms with Crippen LogP contribution in [0.15, 0.2) is 24.3 Å². The summed E-state index contributed by atoms with van der Waals surface area (Å²) < 4.78 is 24.0. The first-order valence-electron chi connectivity index (χ1n) is 7.54. The maximum Gasteiger partial charge on any atom is 0.355 e. The maximum atomic E-state index is 13.1. The summed E-state index contributed by atoms with van der Waals surface area (Å²) in [5, 5.41) is 6.20. The molecule has 0 aromatic heterocycles. The molecular formula is C15H24ClN2O3PS. The number of benzene rings is 1. The number of hydrogen-bond acceptors (Lipinski definition) is 4. The summed E-state index contributed by atoms with van der Waals surface area (Å²) >= 11 is 11.2. The highest BCUT2D eigenvalue weighted by Crippen LogP contribution is 2.59. The minimum atomic E-state index is -3.37. The predicted octanol–water partition coefficient (Wildman–Crippen LogP) is 5.02. The molecule has 2 N–H and O–H groups in total. The number of thiocarbonyl (C=S) groups is 1. The Labute approximate surface area is 148 Å². The van der Waals surface area contributed by atoms with E-state index in [0.29, 0.717) is 29.8 Å². The summed E-state index contributed by atoms with van der Waals surface area (Å²) in [6, 6.07) is 7.14. The van der Waals surface area contributed by atoms with E-state index in [9.17, 15) is 4.57 Å². The summed E-state index contributed by atoms with van der Waals surface area (Å²) in [4.78, 5) is 0. The van der Waals surface area contributed by atoms with Crippen molar-refractivity contribution in [3.8, 4) is 0 Å². The molecule has 1 unspecified atom stereocenters. The molecule has 0 saturated carbocycles. The molecule has 0 aliphatic rings. The van der Waals surface area contributed by atoms with Gasteiger partial charge in [-0.15, -0.1) is 0 Å². The Morgan fingerprint density at radius 2 is 1.74 bits per heavy atom. The molecule has 0 bridgehead atoms. The van der Waals surface area contributed by atoms with Crippen molar-refractivity contribution in [3.63, 3.8) is 0 Å². The quantitative estimate of drug-likeness (QED) is 0.489. The summed E-state index contributed by atoms with van der Waals surface area (Å²) in [6.07, 6.45) is 0.521. The van der Waals surface area contributed by atoms with E-state index in [2.05, 4.69) is 10.6 Å². The lowest BCUT2D eigenvalue weighted by molar-refractivity contribution is 0.193. The van der Waals surface area contributed by atoms with E-state index in [4.69, 9.17) is 32.9 Å². The first kappa shape index (κ1) is 20.4. The molecule has 1 rings (SSSR count). The molecule has 1 aromatic rings. The third-order valence-corrected chi connectivity index (χ3v) is 6.67. The lowest BCUT2D eigenvalue weighted by atomic mass is 10.2. The van der Waals surface area contributed by atoms with Crippen molar-refractivity contribution in [3.05, 3.63) is 29.3 Å². The molecule has 5 nitrogen and oxygen atoms in total. The van der Waals surface area contributed by atoms with E-state index in [1.165, 1.54) is 0 Å². The SMILES string of the molecule is CCOP(=O)(OCC)C(C)(CC)NC(=S)Nc1ccc(Cl)cc1. The predicted molar refractivity (Wildman–Crippen MR) is 100 cm³/mol. The van der Waals surface area contributed by atoms with Crippen LogP contribution in [0.5, 0.6) is 0 Å². The third-order valence-electron chi connectivity index (χ3n) is 3.38. The standard InChI is InChI=1S/C15H24ClN2O3PS/c1-5-15(4,22(19,20-6-2)21-7-3)18-14(23)17-13-10-8-12(16)9-11-13/h8-11H,5-7H2,1-4H3,(H2,17,18,23). The van der Waals surface area contributed by atoms with Crippen molar-refractivity contribution in [2.45, 2.75) is 39.4 Å². The van der Waals surface area contributed by atoms with Crippen molar-refractivity contribution < 1.29 is 13.6 Å². The molecule has 0 amide bonds. The first-order chi connectivity index (χ1) is 10.8. The van der Waals surface area contributed by atoms with Gasteiger partial charge >= 0.3 is 7.60 Å². The topological polar surface area (TPSA) is 59.6 Å². The average Bonchev–Trinajstić information content (AvgIpc) is 2.49. The number of rotatable bonds is 8. The number of hydrogen-bond donors (Lipinski definition) is 2. The molecule has 8 heteroatoms. The van der Waals surface area contributed by atoms with Crippen LogP contribution in [0.2, 0.25) is 5.02 Å². The molecule has 0 spiro atoms. The van der Waals surface area contributed by atoms with Gasteiger partial charge in [-0.25, -0.2) is 0 Å². The Bertz CT molecular complexity index is 560. The Balaban J connectivity index is 2.88. The summed E-state index contributed by atoms with van der Waals surface area (Å²) in [5.74, 6) is 0. The minimum Gasteiger partial charge on any atom is -0.346 e. The Morgan fingerprint density at radius 3 is 2.17 bits per heavy atom. The molecule has 130 valence electrons. The third kappa shape index (κ3) is 5.44. The van der Waals surface area contributed by atoms with Gasteiger partial charge in [-0.2, -0.15) is 0 Å². The largest absolute Gasteiger partial charge is 0.355 e. The normalized spacial score (nSPS) is 14.1. The monoisotopic (exact) mass is 378 g/mol. The molecule has 23 heavy (non-hydrogen) atoms. The van der Waals surface area contributed by atoms with Crippen molar-refractivity contribution >= 4 is 42.2 Å².